The van der Waals surface area contributed by atoms with Crippen molar-refractivity contribution < 1.29 is 14.3 Å². The number of rotatable bonds is 3. The highest BCUT2D eigenvalue weighted by atomic mass is 16.4. The van der Waals surface area contributed by atoms with E-state index in [9.17, 15) is 4.79 Å². The normalized spacial score (nSPS) is 30.3. The molecule has 1 N–H and O–H groups in total. The van der Waals surface area contributed by atoms with Crippen LogP contribution in [0.25, 0.3) is 6.08 Å². The summed E-state index contributed by atoms with van der Waals surface area (Å²) in [6, 6.07) is 0. The molecule has 1 aromatic rings. The van der Waals surface area contributed by atoms with Crippen molar-refractivity contribution in [2.45, 2.75) is 50.9 Å². The van der Waals surface area contributed by atoms with Gasteiger partial charge in [0.25, 0.3) is 0 Å². The summed E-state index contributed by atoms with van der Waals surface area (Å²) in [5.74, 6) is 2.02. The van der Waals surface area contributed by atoms with E-state index in [1.165, 1.54) is 38.2 Å². The number of hydrogen-bond donors (Lipinski definition) is 1. The predicted octanol–water partition coefficient (Wildman–Crippen LogP) is 3.24. The molecule has 0 radical (unpaired) electrons. The fraction of sp³-hybridized carbons (Fsp3) is 0.667. The van der Waals surface area contributed by atoms with Crippen molar-refractivity contribution in [3.05, 3.63) is 17.9 Å². The largest absolute Gasteiger partial charge is 0.478 e. The Hall–Kier alpha value is -1.65. The van der Waals surface area contributed by atoms with Gasteiger partial charge in [-0.1, -0.05) is 25.7 Å². The SMILES string of the molecule is O=C(O)/C=C/c1nnc(C2CCC3CCCCC3C2)o1. The first-order chi connectivity index (χ1) is 9.72. The van der Waals surface area contributed by atoms with Crippen molar-refractivity contribution >= 4 is 12.0 Å². The first kappa shape index (κ1) is 13.3. The smallest absolute Gasteiger partial charge is 0.328 e. The zero-order valence-electron chi connectivity index (χ0n) is 11.5. The van der Waals surface area contributed by atoms with Gasteiger partial charge in [0.15, 0.2) is 0 Å². The molecule has 2 aliphatic rings. The van der Waals surface area contributed by atoms with Gasteiger partial charge in [-0.25, -0.2) is 4.79 Å². The fourth-order valence-electron chi connectivity index (χ4n) is 3.72. The molecule has 3 atom stereocenters. The topological polar surface area (TPSA) is 76.2 Å². The monoisotopic (exact) mass is 276 g/mol. The fourth-order valence-corrected chi connectivity index (χ4v) is 3.72. The van der Waals surface area contributed by atoms with E-state index in [2.05, 4.69) is 10.2 Å². The van der Waals surface area contributed by atoms with Gasteiger partial charge in [0, 0.05) is 18.1 Å². The van der Waals surface area contributed by atoms with E-state index in [0.29, 0.717) is 11.8 Å². The van der Waals surface area contributed by atoms with Crippen LogP contribution in [0.2, 0.25) is 0 Å². The van der Waals surface area contributed by atoms with Crippen molar-refractivity contribution in [3.63, 3.8) is 0 Å². The molecule has 0 amide bonds. The summed E-state index contributed by atoms with van der Waals surface area (Å²) in [7, 11) is 0. The van der Waals surface area contributed by atoms with Crippen LogP contribution in [0.3, 0.4) is 0 Å². The van der Waals surface area contributed by atoms with Crippen LogP contribution >= 0.6 is 0 Å². The first-order valence-electron chi connectivity index (χ1n) is 7.47. The quantitative estimate of drug-likeness (QED) is 0.858. The zero-order valence-corrected chi connectivity index (χ0v) is 11.5. The average molecular weight is 276 g/mol. The molecule has 0 spiro atoms. The maximum atomic E-state index is 10.5. The molecule has 108 valence electrons. The number of carbonyl (C=O) groups is 1. The lowest BCUT2D eigenvalue weighted by Crippen LogP contribution is -2.26. The zero-order chi connectivity index (χ0) is 13.9. The number of carboxylic acids is 1. The molecule has 2 saturated carbocycles. The Morgan fingerprint density at radius 3 is 2.75 bits per heavy atom. The molecule has 1 heterocycles. The molecule has 2 aliphatic carbocycles. The predicted molar refractivity (Wildman–Crippen MR) is 73.0 cm³/mol. The van der Waals surface area contributed by atoms with Gasteiger partial charge in [-0.05, 0) is 31.1 Å². The Labute approximate surface area is 118 Å². The molecule has 0 saturated heterocycles. The molecule has 1 aromatic heterocycles. The Kier molecular flexibility index (Phi) is 3.85. The molecule has 20 heavy (non-hydrogen) atoms. The molecule has 2 fully saturated rings. The minimum absolute atomic E-state index is 0.285. The third kappa shape index (κ3) is 2.92. The molecule has 3 unspecified atom stereocenters. The molecule has 3 rings (SSSR count). The van der Waals surface area contributed by atoms with Gasteiger partial charge in [0.2, 0.25) is 11.8 Å². The highest BCUT2D eigenvalue weighted by molar-refractivity contribution is 5.84. The summed E-state index contributed by atoms with van der Waals surface area (Å²) in [5.41, 5.74) is 0. The van der Waals surface area contributed by atoms with E-state index in [0.717, 1.165) is 30.8 Å². The van der Waals surface area contributed by atoms with Crippen LogP contribution in [-0.2, 0) is 4.79 Å². The second kappa shape index (κ2) is 5.77. The molecule has 0 bridgehead atoms. The number of fused-ring (bicyclic) bond motifs is 1. The van der Waals surface area contributed by atoms with Gasteiger partial charge >= 0.3 is 5.97 Å². The summed E-state index contributed by atoms with van der Waals surface area (Å²) in [6.45, 7) is 0. The summed E-state index contributed by atoms with van der Waals surface area (Å²) >= 11 is 0. The van der Waals surface area contributed by atoms with E-state index in [1.54, 1.807) is 0 Å². The summed E-state index contributed by atoms with van der Waals surface area (Å²) in [5, 5.41) is 16.6. The lowest BCUT2D eigenvalue weighted by atomic mass is 9.67. The van der Waals surface area contributed by atoms with E-state index in [4.69, 9.17) is 9.52 Å². The number of aliphatic carboxylic acids is 1. The van der Waals surface area contributed by atoms with Crippen LogP contribution in [0.5, 0.6) is 0 Å². The summed E-state index contributed by atoms with van der Waals surface area (Å²) in [6.07, 6.45) is 11.4. The number of nitrogens with zero attached hydrogens (tertiary/aromatic N) is 2. The Morgan fingerprint density at radius 2 is 1.95 bits per heavy atom. The maximum Gasteiger partial charge on any atom is 0.328 e. The van der Waals surface area contributed by atoms with E-state index < -0.39 is 5.97 Å². The molecular formula is C15H20N2O3. The first-order valence-corrected chi connectivity index (χ1v) is 7.47. The molecule has 0 aromatic carbocycles. The Balaban J connectivity index is 1.66. The lowest BCUT2D eigenvalue weighted by Gasteiger charge is -2.38. The van der Waals surface area contributed by atoms with Gasteiger partial charge in [-0.3, -0.25) is 0 Å². The van der Waals surface area contributed by atoms with E-state index in [1.807, 2.05) is 0 Å². The van der Waals surface area contributed by atoms with Crippen molar-refractivity contribution in [1.82, 2.24) is 10.2 Å². The Bertz CT molecular complexity index is 509. The van der Waals surface area contributed by atoms with E-state index in [-0.39, 0.29) is 5.89 Å². The minimum Gasteiger partial charge on any atom is -0.478 e. The number of aromatic nitrogens is 2. The third-order valence-corrected chi connectivity index (χ3v) is 4.71. The van der Waals surface area contributed by atoms with Crippen molar-refractivity contribution in [2.24, 2.45) is 11.8 Å². The van der Waals surface area contributed by atoms with Gasteiger partial charge < -0.3 is 9.52 Å². The van der Waals surface area contributed by atoms with Gasteiger partial charge in [-0.15, -0.1) is 10.2 Å². The highest BCUT2D eigenvalue weighted by Gasteiger charge is 2.34. The maximum absolute atomic E-state index is 10.5. The van der Waals surface area contributed by atoms with Crippen LogP contribution in [0, 0.1) is 11.8 Å². The molecule has 5 heteroatoms. The van der Waals surface area contributed by atoms with Crippen LogP contribution < -0.4 is 0 Å². The molecule has 5 nitrogen and oxygen atoms in total. The van der Waals surface area contributed by atoms with Crippen LogP contribution in [0.15, 0.2) is 10.5 Å². The molecule has 0 aliphatic heterocycles. The third-order valence-electron chi connectivity index (χ3n) is 4.71. The van der Waals surface area contributed by atoms with Crippen molar-refractivity contribution in [2.75, 3.05) is 0 Å². The average Bonchev–Trinajstić information content (AvgIpc) is 2.93. The van der Waals surface area contributed by atoms with Crippen LogP contribution in [0.4, 0.5) is 0 Å². The molecular weight excluding hydrogens is 256 g/mol. The summed E-state index contributed by atoms with van der Waals surface area (Å²) in [4.78, 5) is 10.5. The Morgan fingerprint density at radius 1 is 1.15 bits per heavy atom. The minimum atomic E-state index is -1.01. The van der Waals surface area contributed by atoms with Crippen molar-refractivity contribution in [3.8, 4) is 0 Å². The van der Waals surface area contributed by atoms with Gasteiger partial charge in [0.05, 0.1) is 0 Å². The van der Waals surface area contributed by atoms with Crippen LogP contribution in [0.1, 0.15) is 62.6 Å². The van der Waals surface area contributed by atoms with Crippen LogP contribution in [-0.4, -0.2) is 21.3 Å². The van der Waals surface area contributed by atoms with Gasteiger partial charge in [-0.2, -0.15) is 0 Å². The van der Waals surface area contributed by atoms with Crippen molar-refractivity contribution in [1.29, 1.82) is 0 Å². The number of carboxylic acid groups (broad SMARTS) is 1. The summed E-state index contributed by atoms with van der Waals surface area (Å²) < 4.78 is 5.58. The lowest BCUT2D eigenvalue weighted by molar-refractivity contribution is -0.131. The standard InChI is InChI=1S/C15H20N2O3/c18-14(19)8-7-13-16-17-15(20-13)12-6-5-10-3-1-2-4-11(10)9-12/h7-8,10-12H,1-6,9H2,(H,18,19)/b8-7+. The number of hydrogen-bond acceptors (Lipinski definition) is 4. The highest BCUT2D eigenvalue weighted by Crippen LogP contribution is 2.45. The van der Waals surface area contributed by atoms with E-state index >= 15 is 0 Å². The second-order valence-corrected chi connectivity index (χ2v) is 5.96. The van der Waals surface area contributed by atoms with Gasteiger partial charge in [0.1, 0.15) is 0 Å². The second-order valence-electron chi connectivity index (χ2n) is 5.96.